The Kier molecular flexibility index (Phi) is 4.94. The summed E-state index contributed by atoms with van der Waals surface area (Å²) in [7, 11) is 1.17. The van der Waals surface area contributed by atoms with Gasteiger partial charge in [-0.2, -0.15) is 0 Å². The van der Waals surface area contributed by atoms with Crippen molar-refractivity contribution in [3.8, 4) is 0 Å². The molecule has 0 aliphatic carbocycles. The number of aliphatic imine (C=N–C) groups is 1. The quantitative estimate of drug-likeness (QED) is 0.453. The van der Waals surface area contributed by atoms with E-state index in [9.17, 15) is 0 Å². The van der Waals surface area contributed by atoms with Gasteiger partial charge in [0, 0.05) is 28.5 Å². The molecule has 0 amide bonds. The maximum absolute atomic E-state index is 4.89. The van der Waals surface area contributed by atoms with Gasteiger partial charge in [0.15, 0.2) is 0 Å². The molecule has 17 heavy (non-hydrogen) atoms. The second kappa shape index (κ2) is 6.01. The fourth-order valence-electron chi connectivity index (χ4n) is 1.75. The molecule has 3 heteroatoms. The maximum atomic E-state index is 4.89. The fourth-order valence-corrected chi connectivity index (χ4v) is 2.49. The molecule has 1 aromatic rings. The molecule has 0 aromatic heterocycles. The van der Waals surface area contributed by atoms with Crippen LogP contribution in [-0.2, 0) is 0 Å². The molecule has 1 rings (SSSR count). The van der Waals surface area contributed by atoms with Crippen molar-refractivity contribution in [2.45, 2.75) is 33.2 Å². The number of rotatable bonds is 3. The predicted octanol–water partition coefficient (Wildman–Crippen LogP) is 1.88. The van der Waals surface area contributed by atoms with E-state index in [4.69, 9.17) is 4.99 Å². The average Bonchev–Trinajstić information content (AvgIpc) is 2.29. The standard InChI is InChI=1S/C14H24N2Si/c1-5-16(11-17)13(15-14(2,3)4)12-9-7-6-8-10-12/h6-10H,5,11H2,1-4,17H3. The molecule has 1 aromatic carbocycles. The summed E-state index contributed by atoms with van der Waals surface area (Å²) in [6.07, 6.45) is 1.13. The van der Waals surface area contributed by atoms with E-state index < -0.39 is 0 Å². The van der Waals surface area contributed by atoms with Gasteiger partial charge < -0.3 is 4.90 Å². The van der Waals surface area contributed by atoms with Crippen LogP contribution >= 0.6 is 0 Å². The third kappa shape index (κ3) is 4.34. The monoisotopic (exact) mass is 248 g/mol. The Labute approximate surface area is 108 Å². The average molecular weight is 248 g/mol. The molecule has 0 spiro atoms. The van der Waals surface area contributed by atoms with E-state index >= 15 is 0 Å². The molecule has 94 valence electrons. The highest BCUT2D eigenvalue weighted by Gasteiger charge is 2.15. The summed E-state index contributed by atoms with van der Waals surface area (Å²) in [5.74, 6) is 1.13. The van der Waals surface area contributed by atoms with Crippen molar-refractivity contribution >= 4 is 16.1 Å². The van der Waals surface area contributed by atoms with E-state index in [1.54, 1.807) is 0 Å². The molecule has 0 heterocycles. The van der Waals surface area contributed by atoms with Gasteiger partial charge in [-0.05, 0) is 27.7 Å². The van der Waals surface area contributed by atoms with E-state index in [0.717, 1.165) is 18.5 Å². The molecule has 0 aliphatic rings. The normalized spacial score (nSPS) is 12.8. The number of amidine groups is 1. The molecule has 0 radical (unpaired) electrons. The van der Waals surface area contributed by atoms with Gasteiger partial charge in [-0.3, -0.25) is 4.99 Å². The molecule has 0 fully saturated rings. The largest absolute Gasteiger partial charge is 0.361 e. The minimum absolute atomic E-state index is 0.0324. The van der Waals surface area contributed by atoms with Gasteiger partial charge in [-0.1, -0.05) is 30.3 Å². The molecule has 0 N–H and O–H groups in total. The molecule has 0 saturated heterocycles. The molecular formula is C14H24N2Si. The highest BCUT2D eigenvalue weighted by Crippen LogP contribution is 2.13. The Balaban J connectivity index is 3.16. The lowest BCUT2D eigenvalue weighted by molar-refractivity contribution is 0.490. The Morgan fingerprint density at radius 2 is 1.82 bits per heavy atom. The van der Waals surface area contributed by atoms with Crippen molar-refractivity contribution in [1.82, 2.24) is 4.90 Å². The summed E-state index contributed by atoms with van der Waals surface area (Å²) in [5, 5.41) is 0. The van der Waals surface area contributed by atoms with Gasteiger partial charge in [0.25, 0.3) is 0 Å². The van der Waals surface area contributed by atoms with Gasteiger partial charge in [0.1, 0.15) is 5.84 Å². The van der Waals surface area contributed by atoms with Crippen LogP contribution in [0.4, 0.5) is 0 Å². The van der Waals surface area contributed by atoms with Crippen LogP contribution in [0.5, 0.6) is 0 Å². The second-order valence-electron chi connectivity index (χ2n) is 5.14. The molecule has 0 bridgehead atoms. The van der Waals surface area contributed by atoms with Crippen LogP contribution in [0.2, 0.25) is 0 Å². The van der Waals surface area contributed by atoms with Crippen LogP contribution in [0.3, 0.4) is 0 Å². The van der Waals surface area contributed by atoms with Crippen molar-refractivity contribution < 1.29 is 0 Å². The van der Waals surface area contributed by atoms with Crippen LogP contribution in [0.1, 0.15) is 33.3 Å². The SMILES string of the molecule is CCN(C[SiH3])C(=NC(C)(C)C)c1ccccc1. The Hall–Kier alpha value is -1.09. The zero-order valence-electron chi connectivity index (χ0n) is 11.7. The molecule has 2 nitrogen and oxygen atoms in total. The van der Waals surface area contributed by atoms with Gasteiger partial charge in [-0.25, -0.2) is 0 Å². The van der Waals surface area contributed by atoms with E-state index in [-0.39, 0.29) is 5.54 Å². The molecule has 0 unspecified atom stereocenters. The predicted molar refractivity (Wildman–Crippen MR) is 79.9 cm³/mol. The summed E-state index contributed by atoms with van der Waals surface area (Å²) in [4.78, 5) is 7.25. The molecule has 0 aliphatic heterocycles. The first-order valence-corrected chi connectivity index (χ1v) is 7.79. The first-order valence-electron chi connectivity index (χ1n) is 6.38. The molecular weight excluding hydrogens is 224 g/mol. The highest BCUT2D eigenvalue weighted by molar-refractivity contribution is 6.11. The third-order valence-corrected chi connectivity index (χ3v) is 3.30. The number of nitrogens with zero attached hydrogens (tertiary/aromatic N) is 2. The number of hydrogen-bond donors (Lipinski definition) is 0. The topological polar surface area (TPSA) is 15.6 Å². The lowest BCUT2D eigenvalue weighted by Crippen LogP contribution is -2.34. The van der Waals surface area contributed by atoms with Gasteiger partial charge in [0.05, 0.1) is 5.54 Å². The summed E-state index contributed by atoms with van der Waals surface area (Å²) >= 11 is 0. The van der Waals surface area contributed by atoms with E-state index in [1.165, 1.54) is 15.8 Å². The summed E-state index contributed by atoms with van der Waals surface area (Å²) in [5.41, 5.74) is 1.19. The van der Waals surface area contributed by atoms with Crippen LogP contribution in [0, 0.1) is 0 Å². The Morgan fingerprint density at radius 3 is 2.24 bits per heavy atom. The van der Waals surface area contributed by atoms with Crippen LogP contribution < -0.4 is 0 Å². The number of hydrogen-bond acceptors (Lipinski definition) is 1. The van der Waals surface area contributed by atoms with Gasteiger partial charge in [0.2, 0.25) is 0 Å². The fraction of sp³-hybridized carbons (Fsp3) is 0.500. The zero-order valence-corrected chi connectivity index (χ0v) is 13.7. The minimum atomic E-state index is -0.0324. The third-order valence-electron chi connectivity index (χ3n) is 2.54. The van der Waals surface area contributed by atoms with Gasteiger partial charge in [-0.15, -0.1) is 0 Å². The van der Waals surface area contributed by atoms with Crippen molar-refractivity contribution in [2.24, 2.45) is 4.99 Å². The van der Waals surface area contributed by atoms with E-state index in [0.29, 0.717) is 0 Å². The lowest BCUT2D eigenvalue weighted by Gasteiger charge is -2.26. The minimum Gasteiger partial charge on any atom is -0.361 e. The zero-order chi connectivity index (χ0) is 12.9. The number of benzene rings is 1. The Bertz CT molecular complexity index is 362. The summed E-state index contributed by atoms with van der Waals surface area (Å²) < 4.78 is 0. The lowest BCUT2D eigenvalue weighted by atomic mass is 10.1. The van der Waals surface area contributed by atoms with E-state index in [2.05, 4.69) is 62.9 Å². The van der Waals surface area contributed by atoms with Crippen molar-refractivity contribution in [2.75, 3.05) is 12.7 Å². The van der Waals surface area contributed by atoms with Crippen LogP contribution in [-0.4, -0.2) is 39.2 Å². The summed E-state index contributed by atoms with van der Waals surface area (Å²) in [6.45, 7) is 9.66. The smallest absolute Gasteiger partial charge is 0.131 e. The first kappa shape index (κ1) is 14.0. The van der Waals surface area contributed by atoms with E-state index in [1.807, 2.05) is 0 Å². The van der Waals surface area contributed by atoms with Crippen LogP contribution in [0.15, 0.2) is 35.3 Å². The highest BCUT2D eigenvalue weighted by atomic mass is 28.1. The molecule has 0 atom stereocenters. The Morgan fingerprint density at radius 1 is 1.24 bits per heavy atom. The van der Waals surface area contributed by atoms with Crippen LogP contribution in [0.25, 0.3) is 0 Å². The van der Waals surface area contributed by atoms with Crippen molar-refractivity contribution in [3.63, 3.8) is 0 Å². The maximum Gasteiger partial charge on any atom is 0.131 e. The van der Waals surface area contributed by atoms with Gasteiger partial charge >= 0.3 is 0 Å². The van der Waals surface area contributed by atoms with Crippen molar-refractivity contribution in [3.05, 3.63) is 35.9 Å². The first-order chi connectivity index (χ1) is 7.98. The second-order valence-corrected chi connectivity index (χ2v) is 5.78. The molecule has 0 saturated carbocycles. The van der Waals surface area contributed by atoms with Crippen molar-refractivity contribution in [1.29, 1.82) is 0 Å². The summed E-state index contributed by atoms with van der Waals surface area (Å²) in [6, 6.07) is 10.5.